The van der Waals surface area contributed by atoms with Gasteiger partial charge in [-0.1, -0.05) is 54.6 Å². The second-order valence-corrected chi connectivity index (χ2v) is 10.1. The maximum atomic E-state index is 12.9. The van der Waals surface area contributed by atoms with Crippen LogP contribution in [-0.4, -0.2) is 47.7 Å². The van der Waals surface area contributed by atoms with Crippen LogP contribution in [0.15, 0.2) is 66.0 Å². The van der Waals surface area contributed by atoms with Gasteiger partial charge in [-0.3, -0.25) is 4.79 Å². The van der Waals surface area contributed by atoms with Gasteiger partial charge in [0.1, 0.15) is 12.6 Å². The Hall–Kier alpha value is -3.30. The molecule has 0 saturated carbocycles. The number of fused-ring (bicyclic) bond motifs is 3. The number of amides is 2. The summed E-state index contributed by atoms with van der Waals surface area (Å²) in [7, 11) is 0. The second-order valence-electron chi connectivity index (χ2n) is 8.10. The number of hydrogen-bond acceptors (Lipinski definition) is 6. The van der Waals surface area contributed by atoms with Crippen LogP contribution in [0, 0.1) is 0 Å². The van der Waals surface area contributed by atoms with Crippen LogP contribution in [0.4, 0.5) is 4.79 Å². The topological polar surface area (TPSA) is 105 Å². The van der Waals surface area contributed by atoms with Gasteiger partial charge in [0.2, 0.25) is 5.91 Å². The van der Waals surface area contributed by atoms with Gasteiger partial charge in [0, 0.05) is 10.8 Å². The number of thioether (sulfide) groups is 1. The third kappa shape index (κ3) is 5.68. The molecule has 1 heterocycles. The van der Waals surface area contributed by atoms with Crippen LogP contribution in [-0.2, 0) is 14.3 Å². The van der Waals surface area contributed by atoms with Crippen LogP contribution in [0.2, 0.25) is 0 Å². The molecule has 0 radical (unpaired) electrons. The fraction of sp³-hybridized carbons (Fsp3) is 0.269. The van der Waals surface area contributed by atoms with Gasteiger partial charge in [-0.25, -0.2) is 9.59 Å². The van der Waals surface area contributed by atoms with E-state index in [1.807, 2.05) is 42.7 Å². The summed E-state index contributed by atoms with van der Waals surface area (Å²) >= 11 is 2.77. The highest BCUT2D eigenvalue weighted by Gasteiger charge is 2.31. The predicted molar refractivity (Wildman–Crippen MR) is 138 cm³/mol. The van der Waals surface area contributed by atoms with Gasteiger partial charge in [0.05, 0.1) is 0 Å². The highest BCUT2D eigenvalue weighted by molar-refractivity contribution is 7.98. The highest BCUT2D eigenvalue weighted by Crippen LogP contribution is 2.44. The number of nitrogens with one attached hydrogen (secondary N) is 2. The molecule has 2 atom stereocenters. The van der Waals surface area contributed by atoms with E-state index < -0.39 is 30.1 Å². The fourth-order valence-corrected chi connectivity index (χ4v) is 5.48. The van der Waals surface area contributed by atoms with Crippen LogP contribution in [0.3, 0.4) is 0 Å². The first kappa shape index (κ1) is 24.8. The van der Waals surface area contributed by atoms with E-state index in [9.17, 15) is 19.5 Å². The largest absolute Gasteiger partial charge is 0.479 e. The van der Waals surface area contributed by atoms with Gasteiger partial charge in [-0.05, 0) is 52.1 Å². The Balaban J connectivity index is 1.42. The van der Waals surface area contributed by atoms with Crippen molar-refractivity contribution in [2.24, 2.45) is 0 Å². The van der Waals surface area contributed by atoms with Crippen LogP contribution in [0.1, 0.15) is 34.4 Å². The quantitative estimate of drug-likeness (QED) is 0.367. The maximum Gasteiger partial charge on any atom is 0.407 e. The van der Waals surface area contributed by atoms with Crippen molar-refractivity contribution in [3.8, 4) is 11.1 Å². The lowest BCUT2D eigenvalue weighted by Crippen LogP contribution is -2.49. The lowest BCUT2D eigenvalue weighted by atomic mass is 9.98. The van der Waals surface area contributed by atoms with E-state index in [0.29, 0.717) is 17.1 Å². The molecule has 3 aromatic rings. The molecule has 0 spiro atoms. The van der Waals surface area contributed by atoms with E-state index in [1.165, 1.54) is 23.1 Å². The SMILES string of the molecule is CSCC[C@@H](NC(=O)OCC1c2ccccc2-c2ccccc21)C(=O)NC(C(=O)O)c1cccs1. The number of carbonyl (C=O) groups is 3. The van der Waals surface area contributed by atoms with Crippen LogP contribution in [0.5, 0.6) is 0 Å². The third-order valence-electron chi connectivity index (χ3n) is 5.92. The number of aliphatic carboxylic acids is 1. The second kappa shape index (κ2) is 11.4. The lowest BCUT2D eigenvalue weighted by Gasteiger charge is -2.21. The summed E-state index contributed by atoms with van der Waals surface area (Å²) in [6.45, 7) is 0.129. The van der Waals surface area contributed by atoms with Crippen LogP contribution >= 0.6 is 23.1 Å². The van der Waals surface area contributed by atoms with Gasteiger partial charge in [0.15, 0.2) is 6.04 Å². The maximum absolute atomic E-state index is 12.9. The number of carboxylic acids is 1. The van der Waals surface area contributed by atoms with E-state index >= 15 is 0 Å². The Morgan fingerprint density at radius 3 is 2.23 bits per heavy atom. The Morgan fingerprint density at radius 1 is 1.00 bits per heavy atom. The van der Waals surface area contributed by atoms with E-state index in [0.717, 1.165) is 22.3 Å². The molecule has 9 heteroatoms. The monoisotopic (exact) mass is 510 g/mol. The molecule has 1 unspecified atom stereocenters. The number of benzene rings is 2. The fourth-order valence-electron chi connectivity index (χ4n) is 4.24. The number of ether oxygens (including phenoxy) is 1. The average Bonchev–Trinajstić information content (AvgIpc) is 3.50. The van der Waals surface area contributed by atoms with Crippen LogP contribution < -0.4 is 10.6 Å². The standard InChI is InChI=1S/C26H26N2O5S2/c1-34-14-12-21(24(29)28-23(25(30)31)22-11-6-13-35-22)27-26(32)33-15-20-18-9-4-2-7-16(18)17-8-3-5-10-19(17)20/h2-11,13,20-21,23H,12,14-15H2,1H3,(H,27,32)(H,28,29)(H,30,31)/t21-,23?/m1/s1. The molecule has 0 saturated heterocycles. The van der Waals surface area contributed by atoms with E-state index in [1.54, 1.807) is 17.5 Å². The zero-order chi connectivity index (χ0) is 24.8. The number of alkyl carbamates (subject to hydrolysis) is 1. The van der Waals surface area contributed by atoms with Crippen molar-refractivity contribution >= 4 is 41.1 Å². The normalized spacial score (nSPS) is 13.9. The summed E-state index contributed by atoms with van der Waals surface area (Å²) in [5, 5.41) is 16.5. The van der Waals surface area contributed by atoms with Crippen molar-refractivity contribution in [3.05, 3.63) is 82.0 Å². The first-order chi connectivity index (χ1) is 17.0. The number of carboxylic acid groups (broad SMARTS) is 1. The summed E-state index contributed by atoms with van der Waals surface area (Å²) < 4.78 is 5.57. The molecule has 4 rings (SSSR count). The molecule has 1 aliphatic carbocycles. The minimum Gasteiger partial charge on any atom is -0.479 e. The first-order valence-electron chi connectivity index (χ1n) is 11.2. The van der Waals surface area contributed by atoms with Gasteiger partial charge in [-0.15, -0.1) is 11.3 Å². The number of rotatable bonds is 10. The number of carbonyl (C=O) groups excluding carboxylic acids is 2. The Morgan fingerprint density at radius 2 is 1.66 bits per heavy atom. The molecule has 1 aliphatic rings. The first-order valence-corrected chi connectivity index (χ1v) is 13.4. The van der Waals surface area contributed by atoms with Crippen LogP contribution in [0.25, 0.3) is 11.1 Å². The highest BCUT2D eigenvalue weighted by atomic mass is 32.2. The van der Waals surface area contributed by atoms with Crippen molar-refractivity contribution in [1.29, 1.82) is 0 Å². The van der Waals surface area contributed by atoms with Gasteiger partial charge < -0.3 is 20.5 Å². The van der Waals surface area contributed by atoms with E-state index in [-0.39, 0.29) is 12.5 Å². The average molecular weight is 511 g/mol. The molecule has 0 aliphatic heterocycles. The molecule has 35 heavy (non-hydrogen) atoms. The molecular weight excluding hydrogens is 484 g/mol. The number of thiophene rings is 1. The van der Waals surface area contributed by atoms with Gasteiger partial charge in [0.25, 0.3) is 0 Å². The summed E-state index contributed by atoms with van der Waals surface area (Å²) in [6.07, 6.45) is 1.53. The summed E-state index contributed by atoms with van der Waals surface area (Å²) in [6, 6.07) is 17.4. The van der Waals surface area contributed by atoms with Gasteiger partial charge in [-0.2, -0.15) is 11.8 Å². The molecule has 182 valence electrons. The Bertz CT molecular complexity index is 1150. The molecule has 7 nitrogen and oxygen atoms in total. The molecule has 2 aromatic carbocycles. The van der Waals surface area contributed by atoms with E-state index in [4.69, 9.17) is 4.74 Å². The smallest absolute Gasteiger partial charge is 0.407 e. The summed E-state index contributed by atoms with van der Waals surface area (Å²) in [5.41, 5.74) is 4.45. The minimum absolute atomic E-state index is 0.0955. The van der Waals surface area contributed by atoms with Crippen molar-refractivity contribution in [1.82, 2.24) is 10.6 Å². The number of hydrogen-bond donors (Lipinski definition) is 3. The summed E-state index contributed by atoms with van der Waals surface area (Å²) in [4.78, 5) is 37.9. The molecule has 2 amide bonds. The van der Waals surface area contributed by atoms with E-state index in [2.05, 4.69) is 22.8 Å². The molecule has 3 N–H and O–H groups in total. The van der Waals surface area contributed by atoms with Crippen molar-refractivity contribution in [2.75, 3.05) is 18.6 Å². The molecule has 0 fully saturated rings. The Kier molecular flexibility index (Phi) is 8.09. The van der Waals surface area contributed by atoms with Crippen molar-refractivity contribution < 1.29 is 24.2 Å². The predicted octanol–water partition coefficient (Wildman–Crippen LogP) is 4.65. The van der Waals surface area contributed by atoms with Crippen molar-refractivity contribution in [3.63, 3.8) is 0 Å². The minimum atomic E-state index is -1.18. The molecule has 0 bridgehead atoms. The molecular formula is C26H26N2O5S2. The van der Waals surface area contributed by atoms with Gasteiger partial charge >= 0.3 is 12.1 Å². The third-order valence-corrected chi connectivity index (χ3v) is 7.51. The summed E-state index contributed by atoms with van der Waals surface area (Å²) in [5.74, 6) is -1.21. The zero-order valence-corrected chi connectivity index (χ0v) is 20.7. The lowest BCUT2D eigenvalue weighted by molar-refractivity contribution is -0.142. The molecule has 1 aromatic heterocycles. The van der Waals surface area contributed by atoms with Crippen molar-refractivity contribution in [2.45, 2.75) is 24.4 Å². The Labute approximate surface area is 211 Å². The zero-order valence-electron chi connectivity index (χ0n) is 19.1.